The van der Waals surface area contributed by atoms with Crippen LogP contribution < -0.4 is 10.1 Å². The van der Waals surface area contributed by atoms with Gasteiger partial charge in [-0.15, -0.1) is 16.5 Å². The maximum absolute atomic E-state index is 13.8. The summed E-state index contributed by atoms with van der Waals surface area (Å²) in [5, 5.41) is 50.8. The van der Waals surface area contributed by atoms with Crippen molar-refractivity contribution in [3.8, 4) is 17.2 Å². The number of aromatic hydroxyl groups is 2. The van der Waals surface area contributed by atoms with E-state index in [4.69, 9.17) is 25.8 Å². The van der Waals surface area contributed by atoms with Crippen LogP contribution in [0.25, 0.3) is 0 Å². The third kappa shape index (κ3) is 5.47. The van der Waals surface area contributed by atoms with Gasteiger partial charge in [0.2, 0.25) is 5.78 Å². The molecule has 46 heavy (non-hydrogen) atoms. The summed E-state index contributed by atoms with van der Waals surface area (Å²) in [6.07, 6.45) is -6.03. The number of benzene rings is 2. The minimum absolute atomic E-state index is 0.0671. The van der Waals surface area contributed by atoms with E-state index in [1.807, 2.05) is 0 Å². The van der Waals surface area contributed by atoms with Crippen molar-refractivity contribution in [2.45, 2.75) is 69.4 Å². The number of fused-ring (bicyclic) bond motifs is 3. The van der Waals surface area contributed by atoms with Crippen LogP contribution >= 0.6 is 11.6 Å². The molecule has 0 spiro atoms. The number of aliphatic hydroxyl groups excluding tert-OH is 1. The molecule has 3 aliphatic rings. The molecule has 2 aromatic rings. The number of methoxy groups -OCH3 is 1. The number of rotatable bonds is 8. The van der Waals surface area contributed by atoms with E-state index in [1.54, 1.807) is 0 Å². The highest BCUT2D eigenvalue weighted by molar-refractivity contribution is 6.31. The molecule has 6 atom stereocenters. The number of amides is 2. The Morgan fingerprint density at radius 1 is 1.17 bits per heavy atom. The summed E-state index contributed by atoms with van der Waals surface area (Å²) in [7, 11) is 1.31. The second-order valence-electron chi connectivity index (χ2n) is 11.4. The fourth-order valence-corrected chi connectivity index (χ4v) is 6.42. The molecule has 2 aromatic carbocycles. The minimum atomic E-state index is -2.12. The highest BCUT2D eigenvalue weighted by Crippen LogP contribution is 2.52. The SMILES string of the molecule is COc1cccc2c1C(=O)c1c(O)c3c(c(O)c1C2=O)C[C@@](O)(C(C)=O)C[C@@H]3O[C@H]1C[C@H](NC(=O)N(CCCl)N=O)[C@H](O)[C@H](C)O1. The van der Waals surface area contributed by atoms with Crippen molar-refractivity contribution >= 4 is 35.0 Å². The van der Waals surface area contributed by atoms with Crippen molar-refractivity contribution < 1.29 is 53.8 Å². The quantitative estimate of drug-likeness (QED) is 0.101. The fourth-order valence-electron chi connectivity index (χ4n) is 6.26. The first-order valence-electron chi connectivity index (χ1n) is 14.3. The summed E-state index contributed by atoms with van der Waals surface area (Å²) in [5.41, 5.74) is -3.63. The topological polar surface area (TPSA) is 222 Å². The summed E-state index contributed by atoms with van der Waals surface area (Å²) < 4.78 is 17.2. The molecule has 0 saturated carbocycles. The van der Waals surface area contributed by atoms with E-state index in [0.29, 0.717) is 5.01 Å². The van der Waals surface area contributed by atoms with Gasteiger partial charge in [0.15, 0.2) is 17.9 Å². The molecular weight excluding hydrogens is 630 g/mol. The summed E-state index contributed by atoms with van der Waals surface area (Å²) >= 11 is 5.62. The zero-order valence-corrected chi connectivity index (χ0v) is 25.7. The Bertz CT molecular complexity index is 1630. The Balaban J connectivity index is 1.56. The van der Waals surface area contributed by atoms with Gasteiger partial charge in [-0.2, -0.15) is 5.01 Å². The number of nitrogens with zero attached hydrogens (tertiary/aromatic N) is 2. The predicted molar refractivity (Wildman–Crippen MR) is 158 cm³/mol. The number of carbonyl (C=O) groups excluding carboxylic acids is 4. The van der Waals surface area contributed by atoms with Crippen LogP contribution in [0.5, 0.6) is 17.2 Å². The number of alkyl halides is 1. The molecule has 2 aliphatic carbocycles. The molecule has 5 rings (SSSR count). The van der Waals surface area contributed by atoms with Crippen molar-refractivity contribution in [2.75, 3.05) is 19.5 Å². The molecule has 1 aliphatic heterocycles. The highest BCUT2D eigenvalue weighted by Gasteiger charge is 2.49. The lowest BCUT2D eigenvalue weighted by Gasteiger charge is -2.42. The van der Waals surface area contributed by atoms with E-state index in [0.717, 1.165) is 6.92 Å². The lowest BCUT2D eigenvalue weighted by Crippen LogP contribution is -2.57. The van der Waals surface area contributed by atoms with E-state index in [9.17, 15) is 44.5 Å². The van der Waals surface area contributed by atoms with Crippen LogP contribution in [0, 0.1) is 4.91 Å². The second-order valence-corrected chi connectivity index (χ2v) is 11.8. The van der Waals surface area contributed by atoms with Gasteiger partial charge in [-0.05, 0) is 19.9 Å². The number of phenols is 2. The predicted octanol–water partition coefficient (Wildman–Crippen LogP) is 2.00. The minimum Gasteiger partial charge on any atom is -0.507 e. The van der Waals surface area contributed by atoms with Gasteiger partial charge in [-0.3, -0.25) is 14.4 Å². The molecule has 0 aromatic heterocycles. The normalized spacial score (nSPS) is 26.8. The zero-order chi connectivity index (χ0) is 33.7. The molecule has 1 heterocycles. The Kier molecular flexibility index (Phi) is 9.07. The van der Waals surface area contributed by atoms with Crippen molar-refractivity contribution in [2.24, 2.45) is 5.29 Å². The fraction of sp³-hybridized carbons (Fsp3) is 0.467. The van der Waals surface area contributed by atoms with E-state index in [2.05, 4.69) is 10.6 Å². The van der Waals surface area contributed by atoms with Gasteiger partial charge in [0.25, 0.3) is 0 Å². The van der Waals surface area contributed by atoms with Gasteiger partial charge in [0.1, 0.15) is 29.0 Å². The lowest BCUT2D eigenvalue weighted by atomic mass is 9.72. The number of halogens is 1. The molecule has 5 N–H and O–H groups in total. The van der Waals surface area contributed by atoms with Gasteiger partial charge in [-0.25, -0.2) is 4.79 Å². The second kappa shape index (κ2) is 12.6. The largest absolute Gasteiger partial charge is 0.507 e. The van der Waals surface area contributed by atoms with Crippen LogP contribution in [-0.4, -0.2) is 98.5 Å². The molecule has 0 unspecified atom stereocenters. The summed E-state index contributed by atoms with van der Waals surface area (Å²) in [4.78, 5) is 63.8. The highest BCUT2D eigenvalue weighted by atomic mass is 35.5. The Labute approximate surface area is 266 Å². The number of ether oxygens (including phenoxy) is 3. The first-order chi connectivity index (χ1) is 21.8. The smallest absolute Gasteiger partial charge is 0.340 e. The molecule has 0 bridgehead atoms. The number of hydrogen-bond donors (Lipinski definition) is 5. The molecule has 1 saturated heterocycles. The van der Waals surface area contributed by atoms with Crippen LogP contribution in [0.3, 0.4) is 0 Å². The number of carbonyl (C=O) groups is 4. The van der Waals surface area contributed by atoms with Gasteiger partial charge in [0, 0.05) is 41.8 Å². The molecule has 1 fully saturated rings. The van der Waals surface area contributed by atoms with Crippen molar-refractivity contribution in [1.29, 1.82) is 0 Å². The number of ketones is 3. The molecular formula is C30H32ClN3O12. The number of urea groups is 1. The van der Waals surface area contributed by atoms with Gasteiger partial charge >= 0.3 is 6.03 Å². The van der Waals surface area contributed by atoms with E-state index in [-0.39, 0.29) is 46.8 Å². The monoisotopic (exact) mass is 661 g/mol. The average Bonchev–Trinajstić information content (AvgIpc) is 3.01. The maximum atomic E-state index is 13.8. The van der Waals surface area contributed by atoms with Gasteiger partial charge < -0.3 is 40.0 Å². The number of aliphatic hydroxyl groups is 2. The first-order valence-corrected chi connectivity index (χ1v) is 14.9. The van der Waals surface area contributed by atoms with Crippen LogP contribution in [0.4, 0.5) is 4.79 Å². The van der Waals surface area contributed by atoms with Crippen LogP contribution in [-0.2, 0) is 20.7 Å². The third-order valence-electron chi connectivity index (χ3n) is 8.69. The standard InChI is InChI=1S/C30H32ClN3O12/c1-12-24(36)16(32-29(41)34(33-43)8-7-31)9-19(45-12)46-18-11-30(42,13(2)35)10-15-21(18)28(40)23-22(26(15)38)25(37)14-5-4-6-17(44-3)20(14)27(23)39/h4-6,12,16,18-19,24,36,38,40,42H,7-11H2,1-3H3,(H,32,41)/t12-,16-,18-,19-,24+,30-/m0/s1. The van der Waals surface area contributed by atoms with E-state index >= 15 is 0 Å². The Morgan fingerprint density at radius 2 is 1.87 bits per heavy atom. The lowest BCUT2D eigenvalue weighted by molar-refractivity contribution is -0.248. The van der Waals surface area contributed by atoms with E-state index < -0.39 is 95.1 Å². The third-order valence-corrected chi connectivity index (χ3v) is 8.86. The number of nitrogens with one attached hydrogen (secondary N) is 1. The maximum Gasteiger partial charge on any atom is 0.340 e. The van der Waals surface area contributed by atoms with Crippen LogP contribution in [0.1, 0.15) is 75.8 Å². The number of hydrogen-bond acceptors (Lipinski definition) is 13. The summed E-state index contributed by atoms with van der Waals surface area (Å²) in [6.45, 7) is 2.42. The average molecular weight is 662 g/mol. The zero-order valence-electron chi connectivity index (χ0n) is 25.0. The summed E-state index contributed by atoms with van der Waals surface area (Å²) in [6, 6.07) is 2.36. The Morgan fingerprint density at radius 3 is 2.50 bits per heavy atom. The first kappa shape index (κ1) is 33.2. The van der Waals surface area contributed by atoms with Crippen molar-refractivity contribution in [3.05, 3.63) is 56.5 Å². The van der Waals surface area contributed by atoms with Crippen molar-refractivity contribution in [3.63, 3.8) is 0 Å². The number of Topliss-reactive ketones (excluding diaryl/α,β-unsaturated/α-hetero) is 1. The van der Waals surface area contributed by atoms with E-state index in [1.165, 1.54) is 32.2 Å². The molecule has 2 amide bonds. The molecule has 15 nitrogen and oxygen atoms in total. The molecule has 16 heteroatoms. The van der Waals surface area contributed by atoms with Gasteiger partial charge in [0.05, 0.1) is 53.9 Å². The molecule has 0 radical (unpaired) electrons. The van der Waals surface area contributed by atoms with Crippen molar-refractivity contribution in [1.82, 2.24) is 10.3 Å². The van der Waals surface area contributed by atoms with Crippen LogP contribution in [0.15, 0.2) is 23.5 Å². The number of phenolic OH excluding ortho intramolecular Hbond substituents is 2. The molecule has 246 valence electrons. The van der Waals surface area contributed by atoms with Gasteiger partial charge in [-0.1, -0.05) is 12.1 Å². The summed E-state index contributed by atoms with van der Waals surface area (Å²) in [5.74, 6) is -3.69. The Hall–Kier alpha value is -4.15. The van der Waals surface area contributed by atoms with Crippen LogP contribution in [0.2, 0.25) is 0 Å². The number of nitroso groups, excluding NO2 is 1.